The van der Waals surface area contributed by atoms with Gasteiger partial charge in [0.1, 0.15) is 12.4 Å². The number of nitrogens with one attached hydrogen (secondary N) is 1. The Morgan fingerprint density at radius 3 is 2.15 bits per heavy atom. The highest BCUT2D eigenvalue weighted by Crippen LogP contribution is 2.31. The molecule has 0 fully saturated rings. The molecule has 0 saturated heterocycles. The quantitative estimate of drug-likeness (QED) is 0.148. The van der Waals surface area contributed by atoms with Gasteiger partial charge in [0, 0.05) is 30.8 Å². The SMILES string of the molecule is CCOCCOCCOCCOc1cccc(C(Cc2ccc(C)cc2)C(C)NC(=O)C(C)(C)Oc2ccc(C(F)(F)F)cn2)c1. The first-order valence-corrected chi connectivity index (χ1v) is 15.4. The highest BCUT2D eigenvalue weighted by atomic mass is 19.4. The van der Waals surface area contributed by atoms with Crippen LogP contribution in [0.5, 0.6) is 11.6 Å². The van der Waals surface area contributed by atoms with Gasteiger partial charge in [-0.2, -0.15) is 13.2 Å². The fourth-order valence-corrected chi connectivity index (χ4v) is 4.60. The van der Waals surface area contributed by atoms with E-state index in [0.29, 0.717) is 64.6 Å². The summed E-state index contributed by atoms with van der Waals surface area (Å²) in [5, 5.41) is 3.06. The van der Waals surface area contributed by atoms with Gasteiger partial charge in [-0.3, -0.25) is 4.79 Å². The highest BCUT2D eigenvalue weighted by Gasteiger charge is 2.34. The molecule has 3 aromatic rings. The Kier molecular flexibility index (Phi) is 14.3. The van der Waals surface area contributed by atoms with Gasteiger partial charge in [-0.25, -0.2) is 4.98 Å². The second-order valence-electron chi connectivity index (χ2n) is 11.4. The van der Waals surface area contributed by atoms with Crippen LogP contribution >= 0.6 is 0 Å². The Morgan fingerprint density at radius 1 is 0.891 bits per heavy atom. The van der Waals surface area contributed by atoms with Crippen LogP contribution in [0.2, 0.25) is 0 Å². The molecule has 252 valence electrons. The zero-order valence-corrected chi connectivity index (χ0v) is 27.2. The summed E-state index contributed by atoms with van der Waals surface area (Å²) in [6, 6.07) is 17.6. The lowest BCUT2D eigenvalue weighted by Gasteiger charge is -2.31. The average Bonchev–Trinajstić information content (AvgIpc) is 3.01. The number of aryl methyl sites for hydroxylation is 1. The zero-order chi connectivity index (χ0) is 33.6. The van der Waals surface area contributed by atoms with E-state index in [2.05, 4.69) is 22.4 Å². The molecule has 2 atom stereocenters. The van der Waals surface area contributed by atoms with Gasteiger partial charge in [-0.05, 0) is 70.4 Å². The molecule has 1 amide bonds. The van der Waals surface area contributed by atoms with E-state index in [1.807, 2.05) is 57.2 Å². The van der Waals surface area contributed by atoms with Crippen molar-refractivity contribution >= 4 is 5.91 Å². The van der Waals surface area contributed by atoms with Crippen molar-refractivity contribution in [3.05, 3.63) is 89.1 Å². The maximum atomic E-state index is 13.4. The summed E-state index contributed by atoms with van der Waals surface area (Å²) in [7, 11) is 0. The molecule has 3 rings (SSSR count). The number of carbonyl (C=O) groups excluding carboxylic acids is 1. The first-order valence-electron chi connectivity index (χ1n) is 15.4. The van der Waals surface area contributed by atoms with Crippen LogP contribution in [0.1, 0.15) is 55.9 Å². The molecule has 0 radical (unpaired) electrons. The van der Waals surface area contributed by atoms with Crippen LogP contribution in [-0.2, 0) is 31.6 Å². The number of ether oxygens (including phenoxy) is 5. The maximum absolute atomic E-state index is 13.4. The van der Waals surface area contributed by atoms with Crippen molar-refractivity contribution in [2.24, 2.45) is 0 Å². The summed E-state index contributed by atoms with van der Waals surface area (Å²) in [4.78, 5) is 17.2. The number of alkyl halides is 3. The van der Waals surface area contributed by atoms with E-state index < -0.39 is 23.2 Å². The van der Waals surface area contributed by atoms with Crippen LogP contribution in [0.4, 0.5) is 13.2 Å². The Hall–Kier alpha value is -3.67. The summed E-state index contributed by atoms with van der Waals surface area (Å²) in [6.07, 6.45) is -3.19. The number of carbonyl (C=O) groups is 1. The third-order valence-corrected chi connectivity index (χ3v) is 7.24. The number of benzene rings is 2. The van der Waals surface area contributed by atoms with Crippen molar-refractivity contribution in [2.75, 3.05) is 46.2 Å². The number of amides is 1. The normalized spacial score (nSPS) is 13.2. The van der Waals surface area contributed by atoms with Gasteiger partial charge >= 0.3 is 6.18 Å². The third-order valence-electron chi connectivity index (χ3n) is 7.24. The molecular formula is C35H45F3N2O6. The van der Waals surface area contributed by atoms with E-state index >= 15 is 0 Å². The van der Waals surface area contributed by atoms with Crippen LogP contribution in [0.25, 0.3) is 0 Å². The molecule has 0 spiro atoms. The molecule has 0 aliphatic carbocycles. The van der Waals surface area contributed by atoms with Crippen molar-refractivity contribution in [1.82, 2.24) is 10.3 Å². The minimum absolute atomic E-state index is 0.0834. The molecule has 1 N–H and O–H groups in total. The number of rotatable bonds is 19. The molecular weight excluding hydrogens is 601 g/mol. The standard InChI is InChI=1S/C35H45F3N2O6/c1-6-42-16-17-43-18-19-44-20-21-45-30-9-7-8-28(23-30)31(22-27-12-10-25(2)11-13-27)26(3)40-33(41)34(4,5)46-32-15-14-29(24-39-32)35(36,37)38/h7-15,23-24,26,31H,6,16-22H2,1-5H3,(H,40,41). The van der Waals surface area contributed by atoms with Crippen LogP contribution in [0.15, 0.2) is 66.9 Å². The number of aromatic nitrogens is 1. The average molecular weight is 647 g/mol. The molecule has 0 aliphatic rings. The lowest BCUT2D eigenvalue weighted by molar-refractivity contribution is -0.138. The number of hydrogen-bond donors (Lipinski definition) is 1. The predicted octanol–water partition coefficient (Wildman–Crippen LogP) is 6.55. The Bertz CT molecular complexity index is 1330. The molecule has 0 aliphatic heterocycles. The fraction of sp³-hybridized carbons (Fsp3) is 0.486. The monoisotopic (exact) mass is 646 g/mol. The maximum Gasteiger partial charge on any atom is 0.417 e. The summed E-state index contributed by atoms with van der Waals surface area (Å²) >= 11 is 0. The van der Waals surface area contributed by atoms with Gasteiger partial charge in [-0.1, -0.05) is 42.0 Å². The molecule has 2 unspecified atom stereocenters. The van der Waals surface area contributed by atoms with Crippen molar-refractivity contribution in [1.29, 1.82) is 0 Å². The zero-order valence-electron chi connectivity index (χ0n) is 27.2. The van der Waals surface area contributed by atoms with Crippen molar-refractivity contribution in [3.63, 3.8) is 0 Å². The van der Waals surface area contributed by atoms with Crippen LogP contribution in [0.3, 0.4) is 0 Å². The molecule has 0 bridgehead atoms. The number of hydrogen-bond acceptors (Lipinski definition) is 7. The van der Waals surface area contributed by atoms with E-state index in [4.69, 9.17) is 23.7 Å². The fourth-order valence-electron chi connectivity index (χ4n) is 4.60. The summed E-state index contributed by atoms with van der Waals surface area (Å²) in [5.41, 5.74) is 0.913. The van der Waals surface area contributed by atoms with Gasteiger partial charge in [0.25, 0.3) is 5.91 Å². The Labute approximate surface area is 269 Å². The van der Waals surface area contributed by atoms with Gasteiger partial charge in [-0.15, -0.1) is 0 Å². The molecule has 2 aromatic carbocycles. The van der Waals surface area contributed by atoms with E-state index in [9.17, 15) is 18.0 Å². The van der Waals surface area contributed by atoms with E-state index in [1.165, 1.54) is 0 Å². The summed E-state index contributed by atoms with van der Waals surface area (Å²) in [6.45, 7) is 12.4. The van der Waals surface area contributed by atoms with Gasteiger partial charge in [0.05, 0.1) is 38.6 Å². The molecule has 46 heavy (non-hydrogen) atoms. The molecule has 1 heterocycles. The minimum atomic E-state index is -4.52. The van der Waals surface area contributed by atoms with Crippen LogP contribution < -0.4 is 14.8 Å². The van der Waals surface area contributed by atoms with Crippen molar-refractivity contribution in [3.8, 4) is 11.6 Å². The smallest absolute Gasteiger partial charge is 0.417 e. The lowest BCUT2D eigenvalue weighted by atomic mass is 9.86. The molecule has 11 heteroatoms. The number of nitrogens with zero attached hydrogens (tertiary/aromatic N) is 1. The summed E-state index contributed by atoms with van der Waals surface area (Å²) < 4.78 is 66.8. The van der Waals surface area contributed by atoms with E-state index in [1.54, 1.807) is 13.8 Å². The number of halogens is 3. The lowest BCUT2D eigenvalue weighted by Crippen LogP contribution is -2.51. The Balaban J connectivity index is 1.64. The second kappa shape index (κ2) is 17.9. The number of pyridine rings is 1. The van der Waals surface area contributed by atoms with Crippen LogP contribution in [0, 0.1) is 6.92 Å². The predicted molar refractivity (Wildman–Crippen MR) is 169 cm³/mol. The molecule has 1 aromatic heterocycles. The Morgan fingerprint density at radius 2 is 1.54 bits per heavy atom. The first-order chi connectivity index (χ1) is 21.9. The summed E-state index contributed by atoms with van der Waals surface area (Å²) in [5.74, 6) is 0.0285. The van der Waals surface area contributed by atoms with E-state index in [-0.39, 0.29) is 17.8 Å². The van der Waals surface area contributed by atoms with Gasteiger partial charge in [0.2, 0.25) is 5.88 Å². The second-order valence-corrected chi connectivity index (χ2v) is 11.4. The molecule has 8 nitrogen and oxygen atoms in total. The first kappa shape index (κ1) is 36.8. The van der Waals surface area contributed by atoms with Crippen molar-refractivity contribution < 1.29 is 41.7 Å². The van der Waals surface area contributed by atoms with Gasteiger partial charge in [0.15, 0.2) is 5.60 Å². The van der Waals surface area contributed by atoms with Gasteiger partial charge < -0.3 is 29.0 Å². The third kappa shape index (κ3) is 12.3. The highest BCUT2D eigenvalue weighted by molar-refractivity contribution is 5.85. The van der Waals surface area contributed by atoms with Crippen LogP contribution in [-0.4, -0.2) is 68.8 Å². The largest absolute Gasteiger partial charge is 0.491 e. The topological polar surface area (TPSA) is 88.1 Å². The molecule has 0 saturated carbocycles. The van der Waals surface area contributed by atoms with Crippen molar-refractivity contribution in [2.45, 2.75) is 64.8 Å². The minimum Gasteiger partial charge on any atom is -0.491 e. The van der Waals surface area contributed by atoms with E-state index in [0.717, 1.165) is 28.8 Å².